The van der Waals surface area contributed by atoms with Crippen molar-refractivity contribution in [1.82, 2.24) is 21.3 Å². The highest BCUT2D eigenvalue weighted by atomic mass is 16.8. The van der Waals surface area contributed by atoms with Crippen molar-refractivity contribution in [2.75, 3.05) is 52.9 Å². The molecular weight excluding hydrogens is 1870 g/mol. The molecule has 8 aliphatic rings. The summed E-state index contributed by atoms with van der Waals surface area (Å²) in [5, 5.41) is 282. The number of hydrogen-bond acceptors (Lipinski definition) is 44. The molecule has 8 aliphatic heterocycles. The van der Waals surface area contributed by atoms with Crippen LogP contribution in [-0.2, 0) is 99.8 Å². The molecule has 0 aromatic rings. The molecule has 0 aliphatic carbocycles. The van der Waals surface area contributed by atoms with Gasteiger partial charge >= 0.3 is 5.97 Å². The number of carboxylic acid groups (broad SMARTS) is 1. The average Bonchev–Trinajstić information content (AvgIpc) is 0.750. The van der Waals surface area contributed by atoms with Gasteiger partial charge in [-0.25, -0.2) is 4.79 Å². The number of aliphatic hydroxyl groups excluding tert-OH is 23. The number of hydrogen-bond donors (Lipinski definition) is 28. The summed E-state index contributed by atoms with van der Waals surface area (Å²) in [6.45, 7) is -0.241. The SMILES string of the molecule is CCCCCCCCCCCCC/C=C/[C@@H](O)[C@H](CO[C@@H]1OC(CO)[C@@H](O[C@@H]2OC(CO)[C@H](O)[C@H](O[C@@H]3OC(CO)[C@@H](O[C@@H]4OC(CO)[C@H](O)[C@H](O[C@@H]5OC(CO)[C@@H](O[C@@H]6OC(CO)[C@H](O)[C@H](O[C@]7(C(=O)O)CC(O)[C@@H](NC(C)=O)C([C@H](O)[C@H](O)CO)O7)C6O)[C@H](O[C@H]6OC(C)[C@@H](O)C(O)[C@@H]6O)C5NC(C)=O)C4O)[C@H](O)C3NC(C)=O)C2O)[C@H](O)C1O)NC(=O)CCCCCCCCCCCCCCC. The molecule has 43 atom stereocenters. The summed E-state index contributed by atoms with van der Waals surface area (Å²) in [4.78, 5) is 66.2. The van der Waals surface area contributed by atoms with Crippen LogP contribution in [0.4, 0.5) is 0 Å². The van der Waals surface area contributed by atoms with Crippen molar-refractivity contribution in [3.8, 4) is 0 Å². The highest BCUT2D eigenvalue weighted by Crippen LogP contribution is 2.43. The molecule has 0 bridgehead atoms. The van der Waals surface area contributed by atoms with Gasteiger partial charge in [0.15, 0.2) is 44.0 Å². The molecule has 8 fully saturated rings. The topological polar surface area (TPSA) is 767 Å². The number of aliphatic hydroxyl groups is 23. The van der Waals surface area contributed by atoms with E-state index in [2.05, 4.69) is 35.1 Å². The number of carbonyl (C=O) groups excluding carboxylic acids is 4. The number of nitrogens with one attached hydrogen (secondary N) is 4. The Labute approximate surface area is 813 Å². The van der Waals surface area contributed by atoms with Crippen molar-refractivity contribution in [2.24, 2.45) is 0 Å². The molecule has 814 valence electrons. The summed E-state index contributed by atoms with van der Waals surface area (Å²) in [5.74, 6) is -8.72. The number of rotatable bonds is 59. The van der Waals surface area contributed by atoms with Crippen LogP contribution in [0.5, 0.6) is 0 Å². The van der Waals surface area contributed by atoms with Crippen LogP contribution in [-0.4, -0.2) is 468 Å². The normalized spacial score (nSPS) is 39.2. The molecule has 4 amide bonds. The van der Waals surface area contributed by atoms with Gasteiger partial charge in [0.2, 0.25) is 23.6 Å². The molecule has 8 saturated heterocycles. The van der Waals surface area contributed by atoms with Gasteiger partial charge in [0.25, 0.3) is 5.79 Å². The molecule has 140 heavy (non-hydrogen) atoms. The zero-order valence-corrected chi connectivity index (χ0v) is 80.5. The van der Waals surface area contributed by atoms with Crippen LogP contribution in [0.3, 0.4) is 0 Å². The Morgan fingerprint density at radius 3 is 1.21 bits per heavy atom. The molecule has 49 nitrogen and oxygen atoms in total. The Morgan fingerprint density at radius 1 is 0.386 bits per heavy atom. The molecule has 28 N–H and O–H groups in total. The summed E-state index contributed by atoms with van der Waals surface area (Å²) >= 11 is 0. The number of allylic oxidation sites excluding steroid dienone is 1. The third kappa shape index (κ3) is 33.3. The molecule has 16 unspecified atom stereocenters. The van der Waals surface area contributed by atoms with E-state index in [1.807, 2.05) is 6.08 Å². The first-order chi connectivity index (χ1) is 66.8. The van der Waals surface area contributed by atoms with Crippen molar-refractivity contribution in [3.63, 3.8) is 0 Å². The third-order valence-electron chi connectivity index (χ3n) is 26.8. The Kier molecular flexibility index (Phi) is 52.0. The maximum absolute atomic E-state index is 13.6. The average molecular weight is 2030 g/mol. The number of aliphatic carboxylic acids is 1. The molecule has 8 heterocycles. The molecule has 0 radical (unpaired) electrons. The molecular formula is C91H160N4O45. The summed E-state index contributed by atoms with van der Waals surface area (Å²) in [6, 6.07) is -6.92. The first-order valence-electron chi connectivity index (χ1n) is 49.5. The Hall–Kier alpha value is -4.47. The van der Waals surface area contributed by atoms with Gasteiger partial charge in [-0.3, -0.25) is 19.2 Å². The predicted octanol–water partition coefficient (Wildman–Crippen LogP) is -7.18. The van der Waals surface area contributed by atoms with Gasteiger partial charge < -0.3 is 220 Å². The Bertz CT molecular complexity index is 3590. The van der Waals surface area contributed by atoms with E-state index in [1.165, 1.54) is 96.8 Å². The van der Waals surface area contributed by atoms with E-state index >= 15 is 0 Å². The number of ether oxygens (including phenoxy) is 16. The van der Waals surface area contributed by atoms with Gasteiger partial charge in [-0.05, 0) is 26.2 Å². The fourth-order valence-corrected chi connectivity index (χ4v) is 18.8. The van der Waals surface area contributed by atoms with Gasteiger partial charge in [0, 0.05) is 33.6 Å². The molecule has 49 heteroatoms. The highest BCUT2D eigenvalue weighted by molar-refractivity contribution is 5.77. The number of carboxylic acids is 1. The van der Waals surface area contributed by atoms with E-state index in [9.17, 15) is 147 Å². The maximum Gasteiger partial charge on any atom is 0.364 e. The van der Waals surface area contributed by atoms with Crippen LogP contribution in [0.1, 0.15) is 215 Å². The maximum atomic E-state index is 13.6. The molecule has 0 saturated carbocycles. The first kappa shape index (κ1) is 121. The monoisotopic (exact) mass is 2030 g/mol. The van der Waals surface area contributed by atoms with Crippen LogP contribution in [0.2, 0.25) is 0 Å². The van der Waals surface area contributed by atoms with E-state index in [-0.39, 0.29) is 12.3 Å². The van der Waals surface area contributed by atoms with Gasteiger partial charge in [-0.2, -0.15) is 0 Å². The van der Waals surface area contributed by atoms with Gasteiger partial charge in [0.05, 0.1) is 83.3 Å². The minimum atomic E-state index is -3.33. The zero-order chi connectivity index (χ0) is 103. The second-order valence-corrected chi connectivity index (χ2v) is 37.7. The van der Waals surface area contributed by atoms with E-state index < -0.39 is 346 Å². The molecule has 0 aromatic heterocycles. The molecule has 0 spiro atoms. The highest BCUT2D eigenvalue weighted by Gasteiger charge is 2.64. The van der Waals surface area contributed by atoms with E-state index in [4.69, 9.17) is 75.8 Å². The third-order valence-corrected chi connectivity index (χ3v) is 26.8. The zero-order valence-electron chi connectivity index (χ0n) is 80.5. The van der Waals surface area contributed by atoms with E-state index in [1.54, 1.807) is 6.08 Å². The second-order valence-electron chi connectivity index (χ2n) is 37.7. The van der Waals surface area contributed by atoms with Gasteiger partial charge in [-0.1, -0.05) is 167 Å². The minimum Gasteiger partial charge on any atom is -0.477 e. The summed E-state index contributed by atoms with van der Waals surface area (Å²) in [7, 11) is 0. The summed E-state index contributed by atoms with van der Waals surface area (Å²) in [5.41, 5.74) is 0. The second kappa shape index (κ2) is 60.3. The van der Waals surface area contributed by atoms with Crippen molar-refractivity contribution < 1.29 is 222 Å². The lowest BCUT2D eigenvalue weighted by Crippen LogP contribution is -2.72. The fraction of sp³-hybridized carbons (Fsp3) is 0.923. The van der Waals surface area contributed by atoms with E-state index in [0.29, 0.717) is 12.8 Å². The Balaban J connectivity index is 0.978. The summed E-state index contributed by atoms with van der Waals surface area (Å²) in [6.07, 6.45) is -50.0. The quantitative estimate of drug-likeness (QED) is 0.0199. The Morgan fingerprint density at radius 2 is 0.757 bits per heavy atom. The fourth-order valence-electron chi connectivity index (χ4n) is 18.8. The predicted molar refractivity (Wildman–Crippen MR) is 477 cm³/mol. The first-order valence-corrected chi connectivity index (χ1v) is 49.5. The minimum absolute atomic E-state index is 0.140. The van der Waals surface area contributed by atoms with Crippen molar-refractivity contribution >= 4 is 29.6 Å². The smallest absolute Gasteiger partial charge is 0.364 e. The van der Waals surface area contributed by atoms with Crippen molar-refractivity contribution in [2.45, 2.75) is 478 Å². The van der Waals surface area contributed by atoms with Crippen LogP contribution in [0.15, 0.2) is 12.2 Å². The largest absolute Gasteiger partial charge is 0.477 e. The van der Waals surface area contributed by atoms with Crippen LogP contribution < -0.4 is 21.3 Å². The molecule has 8 rings (SSSR count). The lowest BCUT2D eigenvalue weighted by atomic mass is 9.88. The van der Waals surface area contributed by atoms with Crippen LogP contribution >= 0.6 is 0 Å². The lowest BCUT2D eigenvalue weighted by Gasteiger charge is -2.52. The number of amides is 4. The van der Waals surface area contributed by atoms with E-state index in [0.717, 1.165) is 78.6 Å². The molecule has 0 aromatic carbocycles. The van der Waals surface area contributed by atoms with Crippen LogP contribution in [0, 0.1) is 0 Å². The van der Waals surface area contributed by atoms with Crippen molar-refractivity contribution in [3.05, 3.63) is 12.2 Å². The number of carbonyl (C=O) groups is 5. The van der Waals surface area contributed by atoms with Gasteiger partial charge in [0.1, 0.15) is 183 Å². The van der Waals surface area contributed by atoms with Crippen molar-refractivity contribution in [1.29, 1.82) is 0 Å². The summed E-state index contributed by atoms with van der Waals surface area (Å²) < 4.78 is 96.4. The van der Waals surface area contributed by atoms with Gasteiger partial charge in [-0.15, -0.1) is 0 Å². The standard InChI is InChI=1S/C91H160N4O45/c1-7-9-11-13-15-17-19-21-23-25-27-29-31-33-49(106)48(95-58(109)34-32-30-28-26-24-22-20-18-16-14-12-10-8-2)43-125-85-71(119)69(117)76(56(41-101)132-85)134-88-72(120)80(64(112)52(37-97)128-88)137-83-60(93-46(5)104)67(115)75(55(40-100)130-83)133-87-73(121)81(65(113)53(38-98)127-87)138-84-61(94-47(6)105)79(136-86-70(118)68(116)62(110)44(3)126-86)77(57(42-102)131-84)135-89-74(122)82(66(114)54(39-99)129-89)140-91(90(123)124)35-50(107)59(92-45(4)103)78(139-91)63(111)51(108)36-96/h31,33,44,48-57,59-89,96-102,106-108,110-122H,7-30,32,34-43H2,1-6H3,(H,92,103)(H,93,104)(H,94,105)(H,95,109)(H,123,124)/b33-31+/t44?,48-,49+,50?,51+,52?,53?,54?,55?,56?,57?,59+,60?,61?,62+,63+,64-,65-,66-,67+,68?,69+,70-,71?,72?,73?,74?,75+,76+,77+,78?,79+,80-,81-,82-,83-,84-,85+,86+,87-,88-,89-,91-/m0/s1. The van der Waals surface area contributed by atoms with Crippen LogP contribution in [0.25, 0.3) is 0 Å². The lowest BCUT2D eigenvalue weighted by molar-refractivity contribution is -0.400. The number of unbranched alkanes of at least 4 members (excludes halogenated alkanes) is 23.